The van der Waals surface area contributed by atoms with Gasteiger partial charge in [-0.2, -0.15) is 0 Å². The van der Waals surface area contributed by atoms with Crippen molar-refractivity contribution in [3.8, 4) is 11.5 Å². The van der Waals surface area contributed by atoms with E-state index in [1.54, 1.807) is 7.11 Å². The van der Waals surface area contributed by atoms with Gasteiger partial charge in [0.15, 0.2) is 11.5 Å². The van der Waals surface area contributed by atoms with Gasteiger partial charge in [-0.05, 0) is 69.6 Å². The predicted octanol–water partition coefficient (Wildman–Crippen LogP) is 4.55. The molecule has 1 aromatic rings. The highest BCUT2D eigenvalue weighted by molar-refractivity contribution is 5.79. The summed E-state index contributed by atoms with van der Waals surface area (Å²) in [4.78, 5) is 12.4. The van der Waals surface area contributed by atoms with Crippen LogP contribution in [0, 0.1) is 5.92 Å². The predicted molar refractivity (Wildman–Crippen MR) is 98.9 cm³/mol. The minimum atomic E-state index is -0.0483. The van der Waals surface area contributed by atoms with Crippen LogP contribution in [0.15, 0.2) is 30.4 Å². The van der Waals surface area contributed by atoms with E-state index in [9.17, 15) is 4.79 Å². The summed E-state index contributed by atoms with van der Waals surface area (Å²) in [6, 6.07) is 5.93. The highest BCUT2D eigenvalue weighted by Crippen LogP contribution is 2.34. The highest BCUT2D eigenvalue weighted by atomic mass is 16.5. The molecule has 1 saturated carbocycles. The minimum Gasteiger partial charge on any atom is -0.493 e. The van der Waals surface area contributed by atoms with Crippen molar-refractivity contribution in [3.05, 3.63) is 35.9 Å². The maximum atomic E-state index is 12.4. The molecule has 2 atom stereocenters. The van der Waals surface area contributed by atoms with Crippen LogP contribution in [-0.4, -0.2) is 19.1 Å². The molecular weight excluding hydrogens is 314 g/mol. The second-order valence-electron chi connectivity index (χ2n) is 7.15. The number of benzene rings is 1. The van der Waals surface area contributed by atoms with Gasteiger partial charge in [-0.25, -0.2) is 0 Å². The molecule has 0 unspecified atom stereocenters. The molecule has 4 heteroatoms. The van der Waals surface area contributed by atoms with Gasteiger partial charge in [-0.1, -0.05) is 18.2 Å². The number of carbonyl (C=O) groups is 1. The molecule has 1 amide bonds. The summed E-state index contributed by atoms with van der Waals surface area (Å²) in [7, 11) is 1.66. The third-order valence-corrected chi connectivity index (χ3v) is 5.28. The molecule has 136 valence electrons. The van der Waals surface area contributed by atoms with Crippen LogP contribution in [0.5, 0.6) is 11.5 Å². The molecule has 3 rings (SSSR count). The number of carbonyl (C=O) groups excluding carboxylic acids is 1. The molecule has 2 aliphatic carbocycles. The first-order valence-corrected chi connectivity index (χ1v) is 9.47. The van der Waals surface area contributed by atoms with Crippen LogP contribution in [-0.2, 0) is 4.79 Å². The quantitative estimate of drug-likeness (QED) is 0.771. The smallest absolute Gasteiger partial charge is 0.223 e. The lowest BCUT2D eigenvalue weighted by Gasteiger charge is -2.22. The second kappa shape index (κ2) is 8.41. The van der Waals surface area contributed by atoms with Crippen molar-refractivity contribution in [2.45, 2.75) is 64.0 Å². The number of methoxy groups -OCH3 is 1. The standard InChI is InChI=1S/C21H29NO3/c1-15(22-21(23)16-8-4-3-5-9-16)17-12-13-19(20(14-17)24-2)25-18-10-6-7-11-18/h3-4,12-16,18H,5-11H2,1-2H3,(H,22,23)/t15-,16-/m1/s1. The van der Waals surface area contributed by atoms with Gasteiger partial charge in [-0.15, -0.1) is 0 Å². The first kappa shape index (κ1) is 17.8. The lowest BCUT2D eigenvalue weighted by molar-refractivity contribution is -0.125. The lowest BCUT2D eigenvalue weighted by Crippen LogP contribution is -2.33. The summed E-state index contributed by atoms with van der Waals surface area (Å²) in [5.74, 6) is 1.78. The first-order chi connectivity index (χ1) is 12.2. The second-order valence-corrected chi connectivity index (χ2v) is 7.15. The molecule has 2 aliphatic rings. The molecule has 0 aliphatic heterocycles. The average Bonchev–Trinajstić information content (AvgIpc) is 3.15. The summed E-state index contributed by atoms with van der Waals surface area (Å²) in [6.45, 7) is 2.02. The van der Waals surface area contributed by atoms with Gasteiger partial charge < -0.3 is 14.8 Å². The Morgan fingerprint density at radius 1 is 1.16 bits per heavy atom. The normalized spacial score (nSPS) is 21.8. The van der Waals surface area contributed by atoms with Gasteiger partial charge >= 0.3 is 0 Å². The molecule has 0 aromatic heterocycles. The Balaban J connectivity index is 1.64. The van der Waals surface area contributed by atoms with Crippen LogP contribution in [0.4, 0.5) is 0 Å². The Morgan fingerprint density at radius 2 is 1.96 bits per heavy atom. The minimum absolute atomic E-state index is 0.0483. The van der Waals surface area contributed by atoms with Crippen LogP contribution in [0.2, 0.25) is 0 Å². The first-order valence-electron chi connectivity index (χ1n) is 9.47. The van der Waals surface area contributed by atoms with Crippen molar-refractivity contribution in [2.75, 3.05) is 7.11 Å². The molecule has 1 fully saturated rings. The Bertz CT molecular complexity index is 620. The van der Waals surface area contributed by atoms with E-state index >= 15 is 0 Å². The lowest BCUT2D eigenvalue weighted by atomic mass is 9.93. The van der Waals surface area contributed by atoms with Crippen molar-refractivity contribution in [2.24, 2.45) is 5.92 Å². The Morgan fingerprint density at radius 3 is 2.64 bits per heavy atom. The van der Waals surface area contributed by atoms with Crippen LogP contribution in [0.25, 0.3) is 0 Å². The number of ether oxygens (including phenoxy) is 2. The van der Waals surface area contributed by atoms with Crippen molar-refractivity contribution >= 4 is 5.91 Å². The molecule has 0 heterocycles. The van der Waals surface area contributed by atoms with Gasteiger partial charge in [-0.3, -0.25) is 4.79 Å². The van der Waals surface area contributed by atoms with Crippen LogP contribution >= 0.6 is 0 Å². The molecule has 0 spiro atoms. The molecule has 0 saturated heterocycles. The molecule has 0 bridgehead atoms. The number of rotatable bonds is 6. The van der Waals surface area contributed by atoms with Gasteiger partial charge in [0.2, 0.25) is 5.91 Å². The molecular formula is C21H29NO3. The maximum absolute atomic E-state index is 12.4. The fourth-order valence-corrected chi connectivity index (χ4v) is 3.68. The fraction of sp³-hybridized carbons (Fsp3) is 0.571. The van der Waals surface area contributed by atoms with E-state index in [1.165, 1.54) is 12.8 Å². The summed E-state index contributed by atoms with van der Waals surface area (Å²) in [5, 5.41) is 3.14. The Kier molecular flexibility index (Phi) is 6.00. The largest absolute Gasteiger partial charge is 0.493 e. The Labute approximate surface area is 150 Å². The third kappa shape index (κ3) is 4.56. The van der Waals surface area contributed by atoms with Crippen molar-refractivity contribution < 1.29 is 14.3 Å². The molecule has 1 N–H and O–H groups in total. The Hall–Kier alpha value is -1.97. The van der Waals surface area contributed by atoms with Gasteiger partial charge in [0, 0.05) is 5.92 Å². The molecule has 4 nitrogen and oxygen atoms in total. The number of hydrogen-bond donors (Lipinski definition) is 1. The van der Waals surface area contributed by atoms with Gasteiger partial charge in [0.25, 0.3) is 0 Å². The number of allylic oxidation sites excluding steroid dienone is 2. The van der Waals surface area contributed by atoms with E-state index in [4.69, 9.17) is 9.47 Å². The summed E-state index contributed by atoms with van der Waals surface area (Å²) < 4.78 is 11.6. The number of nitrogens with one attached hydrogen (secondary N) is 1. The maximum Gasteiger partial charge on any atom is 0.223 e. The van der Waals surface area contributed by atoms with Gasteiger partial charge in [0.1, 0.15) is 0 Å². The zero-order valence-corrected chi connectivity index (χ0v) is 15.3. The van der Waals surface area contributed by atoms with E-state index in [1.807, 2.05) is 25.1 Å². The summed E-state index contributed by atoms with van der Waals surface area (Å²) in [6.07, 6.45) is 12.1. The summed E-state index contributed by atoms with van der Waals surface area (Å²) in [5.41, 5.74) is 1.04. The molecule has 1 aromatic carbocycles. The SMILES string of the molecule is COc1cc([C@@H](C)NC(=O)[C@@H]2CC=CCC2)ccc1OC1CCCC1. The van der Waals surface area contributed by atoms with E-state index < -0.39 is 0 Å². The molecule has 25 heavy (non-hydrogen) atoms. The van der Waals surface area contributed by atoms with Gasteiger partial charge in [0.05, 0.1) is 19.3 Å². The monoisotopic (exact) mass is 343 g/mol. The van der Waals surface area contributed by atoms with E-state index in [0.29, 0.717) is 6.10 Å². The van der Waals surface area contributed by atoms with Crippen LogP contribution < -0.4 is 14.8 Å². The number of hydrogen-bond acceptors (Lipinski definition) is 3. The van der Waals surface area contributed by atoms with Crippen LogP contribution in [0.1, 0.15) is 63.5 Å². The molecule has 0 radical (unpaired) electrons. The average molecular weight is 343 g/mol. The topological polar surface area (TPSA) is 47.6 Å². The van der Waals surface area contributed by atoms with Crippen molar-refractivity contribution in [1.29, 1.82) is 0 Å². The summed E-state index contributed by atoms with van der Waals surface area (Å²) >= 11 is 0. The van der Waals surface area contributed by atoms with E-state index in [-0.39, 0.29) is 17.9 Å². The third-order valence-electron chi connectivity index (χ3n) is 5.28. The van der Waals surface area contributed by atoms with E-state index in [0.717, 1.165) is 49.2 Å². The fourth-order valence-electron chi connectivity index (χ4n) is 3.68. The van der Waals surface area contributed by atoms with Crippen molar-refractivity contribution in [1.82, 2.24) is 5.32 Å². The van der Waals surface area contributed by atoms with Crippen molar-refractivity contribution in [3.63, 3.8) is 0 Å². The van der Waals surface area contributed by atoms with Crippen LogP contribution in [0.3, 0.4) is 0 Å². The number of amides is 1. The highest BCUT2D eigenvalue weighted by Gasteiger charge is 2.22. The zero-order chi connectivity index (χ0) is 17.6. The zero-order valence-electron chi connectivity index (χ0n) is 15.3. The van der Waals surface area contributed by atoms with E-state index in [2.05, 4.69) is 17.5 Å².